The Morgan fingerprint density at radius 3 is 2.18 bits per heavy atom. The third-order valence-corrected chi connectivity index (χ3v) is 6.67. The van der Waals surface area contributed by atoms with Crippen LogP contribution in [0.15, 0.2) is 84.9 Å². The zero-order valence-corrected chi connectivity index (χ0v) is 21.8. The Hall–Kier alpha value is -4.17. The van der Waals surface area contributed by atoms with Crippen molar-refractivity contribution >= 4 is 40.9 Å². The number of benzene rings is 3. The summed E-state index contributed by atoms with van der Waals surface area (Å²) in [6.07, 6.45) is 0.288. The van der Waals surface area contributed by atoms with Gasteiger partial charge >= 0.3 is 0 Å². The van der Waals surface area contributed by atoms with Crippen molar-refractivity contribution in [2.75, 3.05) is 38.1 Å². The fourth-order valence-electron chi connectivity index (χ4n) is 4.30. The Labute approximate surface area is 226 Å². The topological polar surface area (TPSA) is 90.0 Å². The van der Waals surface area contributed by atoms with Crippen LogP contribution < -0.4 is 10.2 Å². The first-order valence-corrected chi connectivity index (χ1v) is 12.7. The van der Waals surface area contributed by atoms with Crippen LogP contribution in [-0.2, 0) is 20.8 Å². The lowest BCUT2D eigenvalue weighted by molar-refractivity contribution is -0.139. The molecule has 1 aliphatic heterocycles. The lowest BCUT2D eigenvalue weighted by atomic mass is 10.0. The van der Waals surface area contributed by atoms with E-state index in [9.17, 15) is 19.2 Å². The normalized spacial score (nSPS) is 14.1. The molecule has 1 saturated heterocycles. The van der Waals surface area contributed by atoms with Gasteiger partial charge in [-0.25, -0.2) is 0 Å². The molecular formula is C29H29ClN4O4. The van der Waals surface area contributed by atoms with E-state index in [1.54, 1.807) is 55.6 Å². The number of hydrogen-bond acceptors (Lipinski definition) is 4. The Morgan fingerprint density at radius 1 is 0.921 bits per heavy atom. The number of rotatable bonds is 8. The fraction of sp³-hybridized carbons (Fsp3) is 0.241. The monoisotopic (exact) mass is 532 g/mol. The van der Waals surface area contributed by atoms with Crippen molar-refractivity contribution in [2.24, 2.45) is 0 Å². The molecule has 196 valence electrons. The van der Waals surface area contributed by atoms with Crippen molar-refractivity contribution in [3.63, 3.8) is 0 Å². The number of hydrogen-bond donors (Lipinski definition) is 1. The van der Waals surface area contributed by atoms with Gasteiger partial charge in [-0.15, -0.1) is 0 Å². The molecule has 1 fully saturated rings. The zero-order chi connectivity index (χ0) is 27.1. The smallest absolute Gasteiger partial charge is 0.254 e. The molecule has 9 heteroatoms. The third-order valence-electron chi connectivity index (χ3n) is 6.42. The maximum atomic E-state index is 13.4. The minimum Gasteiger partial charge on any atom is -0.342 e. The van der Waals surface area contributed by atoms with E-state index in [1.165, 1.54) is 14.7 Å². The lowest BCUT2D eigenvalue weighted by Gasteiger charge is -2.34. The number of anilines is 1. The second-order valence-corrected chi connectivity index (χ2v) is 9.53. The number of piperazine rings is 1. The molecule has 0 aliphatic carbocycles. The maximum Gasteiger partial charge on any atom is 0.254 e. The van der Waals surface area contributed by atoms with Crippen LogP contribution in [0.5, 0.6) is 0 Å². The number of likely N-dealkylation sites (N-methyl/N-ethyl adjacent to an activating group) is 1. The van der Waals surface area contributed by atoms with Gasteiger partial charge in [-0.1, -0.05) is 60.1 Å². The number of carbonyl (C=O) groups excluding carboxylic acids is 4. The average Bonchev–Trinajstić information content (AvgIpc) is 2.94. The van der Waals surface area contributed by atoms with E-state index in [0.717, 1.165) is 5.56 Å². The molecule has 3 aromatic carbocycles. The minimum atomic E-state index is -0.846. The highest BCUT2D eigenvalue weighted by Crippen LogP contribution is 2.18. The summed E-state index contributed by atoms with van der Waals surface area (Å²) in [6.45, 7) is 0.243. The molecule has 1 aliphatic rings. The van der Waals surface area contributed by atoms with Crippen molar-refractivity contribution in [1.82, 2.24) is 15.1 Å². The first-order valence-electron chi connectivity index (χ1n) is 12.3. The Balaban J connectivity index is 1.40. The predicted molar refractivity (Wildman–Crippen MR) is 146 cm³/mol. The maximum absolute atomic E-state index is 13.4. The van der Waals surface area contributed by atoms with Crippen molar-refractivity contribution in [1.29, 1.82) is 0 Å². The number of halogens is 1. The van der Waals surface area contributed by atoms with Crippen LogP contribution in [0.2, 0.25) is 5.02 Å². The van der Waals surface area contributed by atoms with E-state index in [0.29, 0.717) is 22.8 Å². The highest BCUT2D eigenvalue weighted by Gasteiger charge is 2.31. The lowest BCUT2D eigenvalue weighted by Crippen LogP contribution is -2.56. The van der Waals surface area contributed by atoms with Crippen LogP contribution in [-0.4, -0.2) is 72.7 Å². The van der Waals surface area contributed by atoms with Gasteiger partial charge in [-0.3, -0.25) is 19.2 Å². The van der Waals surface area contributed by atoms with Gasteiger partial charge in [0.2, 0.25) is 17.7 Å². The van der Waals surface area contributed by atoms with E-state index < -0.39 is 11.9 Å². The van der Waals surface area contributed by atoms with Crippen molar-refractivity contribution in [2.45, 2.75) is 12.5 Å². The van der Waals surface area contributed by atoms with Gasteiger partial charge in [0.1, 0.15) is 12.6 Å². The molecule has 1 N–H and O–H groups in total. The van der Waals surface area contributed by atoms with E-state index in [4.69, 9.17) is 11.6 Å². The van der Waals surface area contributed by atoms with Gasteiger partial charge in [0, 0.05) is 42.8 Å². The van der Waals surface area contributed by atoms with Gasteiger partial charge in [-0.2, -0.15) is 0 Å². The number of amides is 4. The summed E-state index contributed by atoms with van der Waals surface area (Å²) < 4.78 is 0. The van der Waals surface area contributed by atoms with Crippen LogP contribution in [0.1, 0.15) is 15.9 Å². The Morgan fingerprint density at radius 2 is 1.55 bits per heavy atom. The van der Waals surface area contributed by atoms with Crippen LogP contribution in [0.3, 0.4) is 0 Å². The quantitative estimate of drug-likeness (QED) is 0.483. The molecule has 0 spiro atoms. The summed E-state index contributed by atoms with van der Waals surface area (Å²) in [6, 6.07) is 24.2. The molecule has 1 atom stereocenters. The molecule has 1 unspecified atom stereocenters. The molecule has 38 heavy (non-hydrogen) atoms. The van der Waals surface area contributed by atoms with Crippen LogP contribution in [0.25, 0.3) is 0 Å². The van der Waals surface area contributed by atoms with E-state index >= 15 is 0 Å². The Bertz CT molecular complexity index is 1280. The molecule has 0 saturated carbocycles. The fourth-order valence-corrected chi connectivity index (χ4v) is 4.43. The molecule has 3 aromatic rings. The summed E-state index contributed by atoms with van der Waals surface area (Å²) in [5, 5.41) is 3.38. The molecule has 0 aromatic heterocycles. The van der Waals surface area contributed by atoms with Gasteiger partial charge in [-0.05, 0) is 42.0 Å². The highest BCUT2D eigenvalue weighted by atomic mass is 35.5. The predicted octanol–water partition coefficient (Wildman–Crippen LogP) is 3.01. The van der Waals surface area contributed by atoms with Crippen LogP contribution in [0.4, 0.5) is 5.69 Å². The second-order valence-electron chi connectivity index (χ2n) is 9.09. The first-order chi connectivity index (χ1) is 18.3. The molecule has 0 radical (unpaired) electrons. The van der Waals surface area contributed by atoms with Crippen LogP contribution in [0, 0.1) is 0 Å². The number of nitrogens with zero attached hydrogens (tertiary/aromatic N) is 3. The molecule has 1 heterocycles. The second kappa shape index (κ2) is 12.4. The van der Waals surface area contributed by atoms with Crippen molar-refractivity contribution in [3.05, 3.63) is 101 Å². The Kier molecular flexibility index (Phi) is 8.76. The van der Waals surface area contributed by atoms with Crippen molar-refractivity contribution in [3.8, 4) is 0 Å². The molecule has 8 nitrogen and oxygen atoms in total. The van der Waals surface area contributed by atoms with Gasteiger partial charge in [0.25, 0.3) is 5.91 Å². The van der Waals surface area contributed by atoms with Crippen molar-refractivity contribution < 1.29 is 19.2 Å². The van der Waals surface area contributed by atoms with E-state index in [-0.39, 0.29) is 43.8 Å². The number of carbonyl (C=O) groups is 4. The summed E-state index contributed by atoms with van der Waals surface area (Å²) in [4.78, 5) is 56.3. The van der Waals surface area contributed by atoms with Gasteiger partial charge in [0.05, 0.1) is 6.54 Å². The van der Waals surface area contributed by atoms with E-state index in [1.807, 2.05) is 36.4 Å². The standard InChI is InChI=1S/C29H29ClN4O4/c1-32(24-14-12-23(30)13-15-24)29(38)25(18-21-8-4-2-5-9-21)31-26(35)19-33-16-17-34(20-27(33)36)28(37)22-10-6-3-7-11-22/h2-15,25H,16-20H2,1H3,(H,31,35). The third kappa shape index (κ3) is 6.77. The van der Waals surface area contributed by atoms with Crippen LogP contribution >= 0.6 is 11.6 Å². The van der Waals surface area contributed by atoms with Gasteiger partial charge < -0.3 is 20.0 Å². The summed E-state index contributed by atoms with van der Waals surface area (Å²) >= 11 is 5.98. The summed E-state index contributed by atoms with van der Waals surface area (Å²) in [5.74, 6) is -1.28. The number of nitrogens with one attached hydrogen (secondary N) is 1. The highest BCUT2D eigenvalue weighted by molar-refractivity contribution is 6.30. The average molecular weight is 533 g/mol. The van der Waals surface area contributed by atoms with Gasteiger partial charge in [0.15, 0.2) is 0 Å². The summed E-state index contributed by atoms with van der Waals surface area (Å²) in [7, 11) is 1.64. The minimum absolute atomic E-state index is 0.104. The molecule has 0 bridgehead atoms. The molecule has 4 amide bonds. The summed E-state index contributed by atoms with van der Waals surface area (Å²) in [5.41, 5.74) is 2.04. The largest absolute Gasteiger partial charge is 0.342 e. The zero-order valence-electron chi connectivity index (χ0n) is 21.0. The SMILES string of the molecule is CN(C(=O)C(Cc1ccccc1)NC(=O)CN1CCN(C(=O)c2ccccc2)CC1=O)c1ccc(Cl)cc1. The molecular weight excluding hydrogens is 504 g/mol. The molecule has 4 rings (SSSR count). The van der Waals surface area contributed by atoms with E-state index in [2.05, 4.69) is 5.32 Å². The first kappa shape index (κ1) is 26.9.